The number of hydrogen-bond donors (Lipinski definition) is 1. The number of nitrogens with zero attached hydrogens (tertiary/aromatic N) is 3. The smallest absolute Gasteiger partial charge is 0.416 e. The molecule has 0 fully saturated rings. The summed E-state index contributed by atoms with van der Waals surface area (Å²) >= 11 is 0. The molecule has 0 saturated carbocycles. The zero-order chi connectivity index (χ0) is 29.2. The van der Waals surface area contributed by atoms with Gasteiger partial charge in [-0.3, -0.25) is 4.79 Å². The van der Waals surface area contributed by atoms with E-state index >= 15 is 0 Å². The Labute approximate surface area is 225 Å². The lowest BCUT2D eigenvalue weighted by atomic mass is 10.1. The van der Waals surface area contributed by atoms with E-state index in [1.807, 2.05) is 0 Å². The highest BCUT2D eigenvalue weighted by atomic mass is 32.2. The van der Waals surface area contributed by atoms with Crippen molar-refractivity contribution in [1.82, 2.24) is 13.6 Å². The zero-order valence-electron chi connectivity index (χ0n) is 22.1. The van der Waals surface area contributed by atoms with Crippen LogP contribution in [0.5, 0.6) is 5.75 Å². The molecule has 0 aliphatic rings. The molecule has 3 rings (SSSR count). The van der Waals surface area contributed by atoms with E-state index in [9.17, 15) is 31.5 Å². The minimum Gasteiger partial charge on any atom is -0.487 e. The van der Waals surface area contributed by atoms with Crippen LogP contribution in [0.4, 0.5) is 13.2 Å². The Morgan fingerprint density at radius 2 is 1.74 bits per heavy atom. The van der Waals surface area contributed by atoms with Gasteiger partial charge >= 0.3 is 12.1 Å². The van der Waals surface area contributed by atoms with Crippen LogP contribution in [0.15, 0.2) is 52.9 Å². The second kappa shape index (κ2) is 11.4. The number of hydrogen-bond acceptors (Lipinski definition) is 6. The van der Waals surface area contributed by atoms with Gasteiger partial charge < -0.3 is 14.3 Å². The van der Waals surface area contributed by atoms with Crippen LogP contribution in [0.1, 0.15) is 43.4 Å². The average molecular weight is 570 g/mol. The fraction of sp³-hybridized carbons (Fsp3) is 0.385. The largest absolute Gasteiger partial charge is 0.487 e. The van der Waals surface area contributed by atoms with E-state index in [-0.39, 0.29) is 19.0 Å². The highest BCUT2D eigenvalue weighted by Crippen LogP contribution is 2.31. The number of ether oxygens (including phenoxy) is 1. The molecular formula is C26H30F3N3O6S. The summed E-state index contributed by atoms with van der Waals surface area (Å²) in [6, 6.07) is 11.0. The molecule has 212 valence electrons. The van der Waals surface area contributed by atoms with E-state index in [1.165, 1.54) is 19.2 Å². The van der Waals surface area contributed by atoms with E-state index in [0.29, 0.717) is 28.3 Å². The van der Waals surface area contributed by atoms with Gasteiger partial charge in [0, 0.05) is 24.7 Å². The molecule has 1 N–H and O–H groups in total. The maximum absolute atomic E-state index is 13.1. The standard InChI is InChI=1S/C26H30F3N3O6S/c1-17-22(30-24(38-17)19-9-11-20(12-10-19)26(27,28)29)16-37-21-8-6-7-18(13-21)14-32(15-23(33)34)39(35,36)31(5)25(2,3)4/h6-13H,14-16H2,1-5H3,(H,33,34). The van der Waals surface area contributed by atoms with Gasteiger partial charge in [0.15, 0.2) is 0 Å². The quantitative estimate of drug-likeness (QED) is 0.361. The van der Waals surface area contributed by atoms with Gasteiger partial charge in [0.2, 0.25) is 5.89 Å². The summed E-state index contributed by atoms with van der Waals surface area (Å²) in [6.07, 6.45) is -4.45. The van der Waals surface area contributed by atoms with Crippen molar-refractivity contribution in [1.29, 1.82) is 0 Å². The Morgan fingerprint density at radius 3 is 2.31 bits per heavy atom. The molecule has 1 heterocycles. The third-order valence-corrected chi connectivity index (χ3v) is 8.06. The number of alkyl halides is 3. The summed E-state index contributed by atoms with van der Waals surface area (Å²) in [6.45, 7) is 5.80. The first-order valence-electron chi connectivity index (χ1n) is 11.8. The highest BCUT2D eigenvalue weighted by Gasteiger charge is 2.35. The van der Waals surface area contributed by atoms with Crippen LogP contribution in [0.3, 0.4) is 0 Å². The van der Waals surface area contributed by atoms with Crippen LogP contribution in [-0.2, 0) is 34.3 Å². The summed E-state index contributed by atoms with van der Waals surface area (Å²) in [4.78, 5) is 15.8. The first-order valence-corrected chi connectivity index (χ1v) is 13.2. The van der Waals surface area contributed by atoms with Crippen LogP contribution in [0.25, 0.3) is 11.5 Å². The first kappa shape index (κ1) is 30.1. The number of aryl methyl sites for hydroxylation is 1. The molecule has 2 aromatic carbocycles. The highest BCUT2D eigenvalue weighted by molar-refractivity contribution is 7.86. The Kier molecular flexibility index (Phi) is 8.78. The number of oxazole rings is 1. The summed E-state index contributed by atoms with van der Waals surface area (Å²) in [5.41, 5.74) is -0.244. The molecule has 0 radical (unpaired) electrons. The number of benzene rings is 2. The average Bonchev–Trinajstić information content (AvgIpc) is 3.21. The maximum Gasteiger partial charge on any atom is 0.416 e. The van der Waals surface area contributed by atoms with Gasteiger partial charge in [0.1, 0.15) is 30.4 Å². The lowest BCUT2D eigenvalue weighted by Crippen LogP contribution is -2.50. The van der Waals surface area contributed by atoms with E-state index in [1.54, 1.807) is 52.0 Å². The van der Waals surface area contributed by atoms with Crippen molar-refractivity contribution in [3.05, 3.63) is 71.1 Å². The third-order valence-electron chi connectivity index (χ3n) is 5.91. The van der Waals surface area contributed by atoms with Gasteiger partial charge in [-0.2, -0.15) is 30.2 Å². The van der Waals surface area contributed by atoms with Crippen molar-refractivity contribution in [2.75, 3.05) is 13.6 Å². The van der Waals surface area contributed by atoms with Crippen LogP contribution >= 0.6 is 0 Å². The van der Waals surface area contributed by atoms with Crippen molar-refractivity contribution in [2.24, 2.45) is 0 Å². The molecule has 1 aromatic heterocycles. The number of aliphatic carboxylic acids is 1. The van der Waals surface area contributed by atoms with Gasteiger partial charge in [-0.15, -0.1) is 0 Å². The maximum atomic E-state index is 13.1. The van der Waals surface area contributed by atoms with Gasteiger partial charge in [0.25, 0.3) is 10.2 Å². The monoisotopic (exact) mass is 569 g/mol. The molecule has 0 spiro atoms. The molecule has 0 saturated heterocycles. The topological polar surface area (TPSA) is 113 Å². The number of carbonyl (C=O) groups is 1. The number of rotatable bonds is 10. The normalized spacial score (nSPS) is 12.8. The second-order valence-corrected chi connectivity index (χ2v) is 11.8. The summed E-state index contributed by atoms with van der Waals surface area (Å²) in [5, 5.41) is 9.32. The van der Waals surface area contributed by atoms with Crippen LogP contribution in [0, 0.1) is 6.92 Å². The molecule has 39 heavy (non-hydrogen) atoms. The van der Waals surface area contributed by atoms with E-state index in [2.05, 4.69) is 4.98 Å². The molecule has 3 aromatic rings. The number of aromatic nitrogens is 1. The predicted octanol–water partition coefficient (Wildman–Crippen LogP) is 5.11. The van der Waals surface area contributed by atoms with Crippen molar-refractivity contribution < 1.29 is 40.6 Å². The molecule has 0 unspecified atom stereocenters. The van der Waals surface area contributed by atoms with Crippen LogP contribution in [0.2, 0.25) is 0 Å². The molecule has 0 bridgehead atoms. The van der Waals surface area contributed by atoms with Crippen LogP contribution in [-0.4, -0.2) is 52.2 Å². The summed E-state index contributed by atoms with van der Waals surface area (Å²) in [5.74, 6) is -0.350. The molecule has 13 heteroatoms. The Balaban J connectivity index is 1.75. The Bertz CT molecular complexity index is 1410. The van der Waals surface area contributed by atoms with Crippen molar-refractivity contribution in [3.63, 3.8) is 0 Å². The number of carboxylic acids is 1. The van der Waals surface area contributed by atoms with Gasteiger partial charge in [-0.25, -0.2) is 4.98 Å². The Hall–Kier alpha value is -3.42. The van der Waals surface area contributed by atoms with Gasteiger partial charge in [0.05, 0.1) is 5.56 Å². The van der Waals surface area contributed by atoms with Crippen molar-refractivity contribution in [3.8, 4) is 17.2 Å². The number of carboxylic acid groups (broad SMARTS) is 1. The fourth-order valence-electron chi connectivity index (χ4n) is 3.47. The Morgan fingerprint density at radius 1 is 1.10 bits per heavy atom. The van der Waals surface area contributed by atoms with Gasteiger partial charge in [-0.05, 0) is 69.7 Å². The van der Waals surface area contributed by atoms with Gasteiger partial charge in [-0.1, -0.05) is 12.1 Å². The minimum atomic E-state index is -4.45. The summed E-state index contributed by atoms with van der Waals surface area (Å²) < 4.78 is 78.1. The van der Waals surface area contributed by atoms with Crippen molar-refractivity contribution >= 4 is 16.2 Å². The lowest BCUT2D eigenvalue weighted by Gasteiger charge is -2.35. The molecular weight excluding hydrogens is 539 g/mol. The van der Waals surface area contributed by atoms with Crippen LogP contribution < -0.4 is 4.74 Å². The lowest BCUT2D eigenvalue weighted by molar-refractivity contribution is -0.138. The molecule has 9 nitrogen and oxygen atoms in total. The molecule has 0 aliphatic heterocycles. The molecule has 0 aliphatic carbocycles. The molecule has 0 atom stereocenters. The van der Waals surface area contributed by atoms with E-state index in [0.717, 1.165) is 20.7 Å². The zero-order valence-corrected chi connectivity index (χ0v) is 22.9. The second-order valence-electron chi connectivity index (χ2n) is 9.84. The fourth-order valence-corrected chi connectivity index (χ4v) is 5.09. The predicted molar refractivity (Wildman–Crippen MR) is 137 cm³/mol. The molecule has 0 amide bonds. The third kappa shape index (κ3) is 7.58. The minimum absolute atomic E-state index is 0.0245. The SMILES string of the molecule is Cc1oc(-c2ccc(C(F)(F)F)cc2)nc1COc1cccc(CN(CC(=O)O)S(=O)(=O)N(C)C(C)(C)C)c1. The van der Waals surface area contributed by atoms with E-state index in [4.69, 9.17) is 9.15 Å². The number of halogens is 3. The van der Waals surface area contributed by atoms with Crippen molar-refractivity contribution in [2.45, 2.75) is 52.6 Å². The van der Waals surface area contributed by atoms with E-state index < -0.39 is 40.0 Å². The summed E-state index contributed by atoms with van der Waals surface area (Å²) in [7, 11) is -2.71. The first-order chi connectivity index (χ1) is 18.0.